The van der Waals surface area contributed by atoms with E-state index in [9.17, 15) is 9.59 Å². The molecule has 0 bridgehead atoms. The molecule has 33 heavy (non-hydrogen) atoms. The molecule has 1 aliphatic heterocycles. The van der Waals surface area contributed by atoms with Crippen LogP contribution >= 0.6 is 11.3 Å². The zero-order valence-electron chi connectivity index (χ0n) is 19.4. The van der Waals surface area contributed by atoms with Crippen molar-refractivity contribution < 1.29 is 14.3 Å². The average molecular weight is 463 g/mol. The number of carbonyl (C=O) groups excluding carboxylic acids is 2. The molecule has 4 rings (SSSR count). The molecule has 2 heterocycles. The van der Waals surface area contributed by atoms with Crippen molar-refractivity contribution in [1.29, 1.82) is 0 Å². The molecule has 0 saturated carbocycles. The quantitative estimate of drug-likeness (QED) is 0.490. The van der Waals surface area contributed by atoms with E-state index in [0.717, 1.165) is 23.3 Å². The first-order valence-corrected chi connectivity index (χ1v) is 12.2. The summed E-state index contributed by atoms with van der Waals surface area (Å²) in [7, 11) is 0. The monoisotopic (exact) mass is 462 g/mol. The number of nitrogens with zero attached hydrogens (tertiary/aromatic N) is 2. The molecule has 0 saturated heterocycles. The van der Waals surface area contributed by atoms with Gasteiger partial charge in [-0.15, -0.1) is 11.3 Å². The number of benzene rings is 2. The lowest BCUT2D eigenvalue weighted by atomic mass is 10.00. The third-order valence-electron chi connectivity index (χ3n) is 6.02. The molecule has 1 atom stereocenters. The molecule has 172 valence electrons. The summed E-state index contributed by atoms with van der Waals surface area (Å²) in [5, 5.41) is 2.08. The first kappa shape index (κ1) is 23.1. The summed E-state index contributed by atoms with van der Waals surface area (Å²) in [5.41, 5.74) is 2.78. The number of hydrogen-bond donors (Lipinski definition) is 0. The van der Waals surface area contributed by atoms with Crippen molar-refractivity contribution in [2.24, 2.45) is 0 Å². The fourth-order valence-corrected chi connectivity index (χ4v) is 5.16. The van der Waals surface area contributed by atoms with Crippen molar-refractivity contribution in [1.82, 2.24) is 9.80 Å². The smallest absolute Gasteiger partial charge is 0.254 e. The van der Waals surface area contributed by atoms with E-state index in [1.807, 2.05) is 80.3 Å². The molecule has 0 unspecified atom stereocenters. The minimum absolute atomic E-state index is 0.0474. The molecule has 0 N–H and O–H groups in total. The van der Waals surface area contributed by atoms with Gasteiger partial charge in [0.05, 0.1) is 6.04 Å². The highest BCUT2D eigenvalue weighted by molar-refractivity contribution is 7.10. The van der Waals surface area contributed by atoms with E-state index in [0.29, 0.717) is 18.7 Å². The zero-order chi connectivity index (χ0) is 23.4. The average Bonchev–Trinajstić information content (AvgIpc) is 3.30. The molecule has 0 fully saturated rings. The maximum Gasteiger partial charge on any atom is 0.254 e. The maximum atomic E-state index is 13.5. The largest absolute Gasteiger partial charge is 0.491 e. The summed E-state index contributed by atoms with van der Waals surface area (Å²) in [6.45, 7) is 6.91. The molecule has 2 aromatic carbocycles. The number of carbonyl (C=O) groups is 2. The number of thiophene rings is 1. The van der Waals surface area contributed by atoms with Crippen LogP contribution < -0.4 is 4.74 Å². The summed E-state index contributed by atoms with van der Waals surface area (Å²) in [4.78, 5) is 31.6. The van der Waals surface area contributed by atoms with Gasteiger partial charge in [0.15, 0.2) is 0 Å². The van der Waals surface area contributed by atoms with E-state index >= 15 is 0 Å². The number of aryl methyl sites for hydroxylation is 1. The van der Waals surface area contributed by atoms with E-state index in [4.69, 9.17) is 4.74 Å². The molecule has 3 aromatic rings. The van der Waals surface area contributed by atoms with Crippen molar-refractivity contribution in [3.05, 3.63) is 87.6 Å². The molecule has 0 spiro atoms. The number of fused-ring (bicyclic) bond motifs is 1. The van der Waals surface area contributed by atoms with Gasteiger partial charge >= 0.3 is 0 Å². The first-order chi connectivity index (χ1) is 15.9. The summed E-state index contributed by atoms with van der Waals surface area (Å²) >= 11 is 1.73. The lowest BCUT2D eigenvalue weighted by Gasteiger charge is -2.37. The Morgan fingerprint density at radius 3 is 2.64 bits per heavy atom. The molecule has 1 aromatic heterocycles. The van der Waals surface area contributed by atoms with Crippen LogP contribution in [0.2, 0.25) is 0 Å². The van der Waals surface area contributed by atoms with Gasteiger partial charge in [-0.2, -0.15) is 0 Å². The number of ether oxygens (including phenoxy) is 1. The van der Waals surface area contributed by atoms with Crippen LogP contribution in [0.1, 0.15) is 46.3 Å². The second-order valence-corrected chi connectivity index (χ2v) is 9.67. The van der Waals surface area contributed by atoms with Gasteiger partial charge in [0.1, 0.15) is 18.9 Å². The van der Waals surface area contributed by atoms with Gasteiger partial charge in [-0.3, -0.25) is 9.59 Å². The minimum Gasteiger partial charge on any atom is -0.491 e. The van der Waals surface area contributed by atoms with Crippen molar-refractivity contribution in [2.75, 3.05) is 19.7 Å². The van der Waals surface area contributed by atoms with Crippen LogP contribution in [0.15, 0.2) is 66.0 Å². The normalized spacial score (nSPS) is 15.3. The fourth-order valence-electron chi connectivity index (χ4n) is 4.24. The Labute approximate surface area is 199 Å². The standard InChI is InChI=1S/C27H30N2O3S/c1-19(2)29(27(31)21-9-7-8-20(3)16-21)17-26(30)28-14-12-25-23(13-15-33-25)24(28)18-32-22-10-5-4-6-11-22/h4-11,13,15-16,19,24H,12,14,17-18H2,1-3H3/t24-/m0/s1. The molecule has 2 amide bonds. The molecule has 5 nitrogen and oxygen atoms in total. The second kappa shape index (κ2) is 10.2. The predicted octanol–water partition coefficient (Wildman–Crippen LogP) is 5.11. The van der Waals surface area contributed by atoms with Gasteiger partial charge in [0, 0.05) is 23.0 Å². The Hall–Kier alpha value is -3.12. The minimum atomic E-state index is -0.171. The summed E-state index contributed by atoms with van der Waals surface area (Å²) in [6, 6.07) is 19.0. The second-order valence-electron chi connectivity index (χ2n) is 8.67. The van der Waals surface area contributed by atoms with Crippen molar-refractivity contribution in [3.63, 3.8) is 0 Å². The fraction of sp³-hybridized carbons (Fsp3) is 0.333. The Balaban J connectivity index is 1.53. The van der Waals surface area contributed by atoms with Crippen LogP contribution in [0.4, 0.5) is 0 Å². The SMILES string of the molecule is Cc1cccc(C(=O)N(CC(=O)N2CCc3sccc3[C@@H]2COc2ccccc2)C(C)C)c1. The Morgan fingerprint density at radius 1 is 1.12 bits per heavy atom. The van der Waals surface area contributed by atoms with E-state index in [-0.39, 0.29) is 30.4 Å². The summed E-state index contributed by atoms with van der Waals surface area (Å²) in [6.07, 6.45) is 0.827. The van der Waals surface area contributed by atoms with E-state index in [1.165, 1.54) is 4.88 Å². The topological polar surface area (TPSA) is 49.9 Å². The number of rotatable bonds is 7. The molecule has 1 aliphatic rings. The molecule has 6 heteroatoms. The number of para-hydroxylation sites is 1. The molecular weight excluding hydrogens is 432 g/mol. The van der Waals surface area contributed by atoms with Crippen LogP contribution in [-0.4, -0.2) is 47.4 Å². The van der Waals surface area contributed by atoms with Gasteiger partial charge < -0.3 is 14.5 Å². The van der Waals surface area contributed by atoms with Crippen LogP contribution in [0, 0.1) is 6.92 Å². The lowest BCUT2D eigenvalue weighted by Crippen LogP contribution is -2.49. The third kappa shape index (κ3) is 5.28. The highest BCUT2D eigenvalue weighted by Gasteiger charge is 2.34. The van der Waals surface area contributed by atoms with Crippen LogP contribution in [0.3, 0.4) is 0 Å². The molecule has 0 aliphatic carbocycles. The highest BCUT2D eigenvalue weighted by Crippen LogP contribution is 2.34. The summed E-state index contributed by atoms with van der Waals surface area (Å²) in [5.74, 6) is 0.612. The summed E-state index contributed by atoms with van der Waals surface area (Å²) < 4.78 is 6.06. The van der Waals surface area contributed by atoms with Crippen molar-refractivity contribution >= 4 is 23.2 Å². The predicted molar refractivity (Wildman–Crippen MR) is 132 cm³/mol. The molecular formula is C27H30N2O3S. The van der Waals surface area contributed by atoms with Crippen LogP contribution in [0.25, 0.3) is 0 Å². The van der Waals surface area contributed by atoms with Crippen LogP contribution in [0.5, 0.6) is 5.75 Å². The lowest BCUT2D eigenvalue weighted by molar-refractivity contribution is -0.136. The Kier molecular flexibility index (Phi) is 7.14. The van der Waals surface area contributed by atoms with Crippen LogP contribution in [-0.2, 0) is 11.2 Å². The molecule has 0 radical (unpaired) electrons. The Morgan fingerprint density at radius 2 is 1.91 bits per heavy atom. The number of amides is 2. The van der Waals surface area contributed by atoms with Gasteiger partial charge in [-0.05, 0) is 68.5 Å². The third-order valence-corrected chi connectivity index (χ3v) is 7.02. The zero-order valence-corrected chi connectivity index (χ0v) is 20.2. The van der Waals surface area contributed by atoms with Gasteiger partial charge in [-0.1, -0.05) is 35.9 Å². The van der Waals surface area contributed by atoms with Gasteiger partial charge in [-0.25, -0.2) is 0 Å². The first-order valence-electron chi connectivity index (χ1n) is 11.3. The Bertz CT molecular complexity index is 1110. The maximum absolute atomic E-state index is 13.5. The van der Waals surface area contributed by atoms with Crippen molar-refractivity contribution in [2.45, 2.75) is 39.3 Å². The van der Waals surface area contributed by atoms with Gasteiger partial charge in [0.25, 0.3) is 5.91 Å². The van der Waals surface area contributed by atoms with Gasteiger partial charge in [0.2, 0.25) is 5.91 Å². The number of hydrogen-bond acceptors (Lipinski definition) is 4. The van der Waals surface area contributed by atoms with Crippen molar-refractivity contribution in [3.8, 4) is 5.75 Å². The van der Waals surface area contributed by atoms with E-state index in [2.05, 4.69) is 11.4 Å². The van der Waals surface area contributed by atoms with E-state index in [1.54, 1.807) is 16.2 Å². The van der Waals surface area contributed by atoms with E-state index < -0.39 is 0 Å². The highest BCUT2D eigenvalue weighted by atomic mass is 32.1.